The molecule has 0 unspecified atom stereocenters. The Labute approximate surface area is 112 Å². The van der Waals surface area contributed by atoms with Crippen molar-refractivity contribution in [1.29, 1.82) is 0 Å². The van der Waals surface area contributed by atoms with E-state index >= 15 is 0 Å². The summed E-state index contributed by atoms with van der Waals surface area (Å²) in [5.74, 6) is -0.396. The molecule has 3 nitrogen and oxygen atoms in total. The van der Waals surface area contributed by atoms with Crippen LogP contribution in [-0.4, -0.2) is 14.1 Å². The lowest BCUT2D eigenvalue weighted by Crippen LogP contribution is -2.08. The number of nitrogens with two attached hydrogens (primary N) is 1. The van der Waals surface area contributed by atoms with Gasteiger partial charge in [0.1, 0.15) is 5.82 Å². The Bertz CT molecular complexity index is 553. The summed E-state index contributed by atoms with van der Waals surface area (Å²) >= 11 is 0. The summed E-state index contributed by atoms with van der Waals surface area (Å²) < 4.78 is 13.5. The van der Waals surface area contributed by atoms with Crippen molar-refractivity contribution < 1.29 is 4.39 Å². The maximum atomic E-state index is 13.5. The summed E-state index contributed by atoms with van der Waals surface area (Å²) in [4.78, 5) is 2.02. The van der Waals surface area contributed by atoms with E-state index in [2.05, 4.69) is 5.32 Å². The largest absolute Gasteiger partial charge is 0.396 e. The van der Waals surface area contributed by atoms with Crippen LogP contribution in [0.1, 0.15) is 5.56 Å². The molecule has 0 spiro atoms. The highest BCUT2D eigenvalue weighted by atomic mass is 19.1. The molecule has 0 radical (unpaired) electrons. The van der Waals surface area contributed by atoms with E-state index in [1.807, 2.05) is 49.3 Å². The number of halogens is 1. The van der Waals surface area contributed by atoms with E-state index in [1.165, 1.54) is 6.07 Å². The van der Waals surface area contributed by atoms with Gasteiger partial charge in [-0.05, 0) is 48.9 Å². The number of hydrogen-bond acceptors (Lipinski definition) is 3. The number of benzene rings is 2. The second-order valence-electron chi connectivity index (χ2n) is 4.75. The van der Waals surface area contributed by atoms with Gasteiger partial charge in [0.15, 0.2) is 0 Å². The Kier molecular flexibility index (Phi) is 3.60. The standard InChI is InChI=1S/C15H18FN3/c1-10-8-12(9-14(16)15(10)17)18-11-4-6-13(7-5-11)19(2)3/h4-9,18H,17H2,1-3H3. The lowest BCUT2D eigenvalue weighted by molar-refractivity contribution is 0.632. The summed E-state index contributed by atoms with van der Waals surface area (Å²) in [5.41, 5.74) is 9.24. The molecule has 19 heavy (non-hydrogen) atoms. The fourth-order valence-corrected chi connectivity index (χ4v) is 1.84. The topological polar surface area (TPSA) is 41.3 Å². The van der Waals surface area contributed by atoms with Crippen LogP contribution in [0.5, 0.6) is 0 Å². The predicted octanol–water partition coefficient (Wildman–Crippen LogP) is 3.53. The first-order valence-corrected chi connectivity index (χ1v) is 6.07. The monoisotopic (exact) mass is 259 g/mol. The van der Waals surface area contributed by atoms with Gasteiger partial charge in [0.25, 0.3) is 0 Å². The van der Waals surface area contributed by atoms with Crippen LogP contribution in [0.4, 0.5) is 27.1 Å². The van der Waals surface area contributed by atoms with Crippen LogP contribution in [-0.2, 0) is 0 Å². The molecular weight excluding hydrogens is 241 g/mol. The number of rotatable bonds is 3. The molecule has 0 aliphatic carbocycles. The summed E-state index contributed by atoms with van der Waals surface area (Å²) in [7, 11) is 3.97. The summed E-state index contributed by atoms with van der Waals surface area (Å²) in [6.07, 6.45) is 0. The molecule has 0 amide bonds. The third-order valence-electron chi connectivity index (χ3n) is 3.01. The fourth-order valence-electron chi connectivity index (χ4n) is 1.84. The van der Waals surface area contributed by atoms with Crippen LogP contribution in [0, 0.1) is 12.7 Å². The lowest BCUT2D eigenvalue weighted by Gasteiger charge is -2.14. The Morgan fingerprint density at radius 2 is 1.68 bits per heavy atom. The van der Waals surface area contributed by atoms with Gasteiger partial charge in [-0.3, -0.25) is 0 Å². The van der Waals surface area contributed by atoms with E-state index in [-0.39, 0.29) is 5.69 Å². The third-order valence-corrected chi connectivity index (χ3v) is 3.01. The smallest absolute Gasteiger partial charge is 0.148 e. The number of hydrogen-bond donors (Lipinski definition) is 2. The molecule has 2 aromatic rings. The van der Waals surface area contributed by atoms with Crippen LogP contribution in [0.3, 0.4) is 0 Å². The quantitative estimate of drug-likeness (QED) is 0.829. The molecule has 0 saturated carbocycles. The Morgan fingerprint density at radius 3 is 2.21 bits per heavy atom. The Morgan fingerprint density at radius 1 is 1.05 bits per heavy atom. The van der Waals surface area contributed by atoms with Crippen molar-refractivity contribution in [2.24, 2.45) is 0 Å². The van der Waals surface area contributed by atoms with Crippen LogP contribution in [0.15, 0.2) is 36.4 Å². The number of nitrogens with zero attached hydrogens (tertiary/aromatic N) is 1. The summed E-state index contributed by atoms with van der Waals surface area (Å²) in [6.45, 7) is 1.79. The van der Waals surface area contributed by atoms with Crippen LogP contribution in [0.2, 0.25) is 0 Å². The number of anilines is 4. The molecule has 0 saturated heterocycles. The van der Waals surface area contributed by atoms with Crippen molar-refractivity contribution >= 4 is 22.7 Å². The normalized spacial score (nSPS) is 10.3. The molecule has 0 atom stereocenters. The molecule has 3 N–H and O–H groups in total. The van der Waals surface area contributed by atoms with Crippen LogP contribution < -0.4 is 16.0 Å². The second-order valence-corrected chi connectivity index (χ2v) is 4.75. The first kappa shape index (κ1) is 13.2. The molecule has 100 valence electrons. The van der Waals surface area contributed by atoms with Crippen molar-refractivity contribution in [3.05, 3.63) is 47.8 Å². The molecule has 0 heterocycles. The van der Waals surface area contributed by atoms with Crippen molar-refractivity contribution in [3.63, 3.8) is 0 Å². The third kappa shape index (κ3) is 2.96. The first-order valence-electron chi connectivity index (χ1n) is 6.07. The van der Waals surface area contributed by atoms with Crippen molar-refractivity contribution in [2.45, 2.75) is 6.92 Å². The second kappa shape index (κ2) is 5.18. The zero-order valence-electron chi connectivity index (χ0n) is 11.4. The van der Waals surface area contributed by atoms with Gasteiger partial charge in [0, 0.05) is 31.2 Å². The molecule has 4 heteroatoms. The fraction of sp³-hybridized carbons (Fsp3) is 0.200. The average molecular weight is 259 g/mol. The number of aryl methyl sites for hydroxylation is 1. The lowest BCUT2D eigenvalue weighted by atomic mass is 10.1. The van der Waals surface area contributed by atoms with Gasteiger partial charge in [-0.1, -0.05) is 0 Å². The number of nitrogens with one attached hydrogen (secondary N) is 1. The summed E-state index contributed by atoms with van der Waals surface area (Å²) in [5, 5.41) is 3.16. The van der Waals surface area contributed by atoms with Crippen LogP contribution >= 0.6 is 0 Å². The molecule has 0 bridgehead atoms. The molecule has 0 aromatic heterocycles. The zero-order chi connectivity index (χ0) is 14.0. The summed E-state index contributed by atoms with van der Waals surface area (Å²) in [6, 6.07) is 11.2. The highest BCUT2D eigenvalue weighted by Crippen LogP contribution is 2.25. The maximum absolute atomic E-state index is 13.5. The molecule has 0 aliphatic rings. The molecule has 2 rings (SSSR count). The minimum Gasteiger partial charge on any atom is -0.396 e. The van der Waals surface area contributed by atoms with Crippen molar-refractivity contribution in [2.75, 3.05) is 30.0 Å². The van der Waals surface area contributed by atoms with Gasteiger partial charge >= 0.3 is 0 Å². The zero-order valence-corrected chi connectivity index (χ0v) is 11.4. The van der Waals surface area contributed by atoms with E-state index in [0.717, 1.165) is 16.9 Å². The molecule has 0 fully saturated rings. The minimum absolute atomic E-state index is 0.202. The van der Waals surface area contributed by atoms with E-state index in [0.29, 0.717) is 5.69 Å². The predicted molar refractivity (Wildman–Crippen MR) is 79.6 cm³/mol. The van der Waals surface area contributed by atoms with E-state index in [1.54, 1.807) is 6.92 Å². The Balaban J connectivity index is 2.21. The van der Waals surface area contributed by atoms with Gasteiger partial charge in [-0.25, -0.2) is 4.39 Å². The van der Waals surface area contributed by atoms with Gasteiger partial charge in [0.05, 0.1) is 5.69 Å². The number of nitrogen functional groups attached to an aromatic ring is 1. The first-order chi connectivity index (χ1) is 8.97. The van der Waals surface area contributed by atoms with Crippen molar-refractivity contribution in [1.82, 2.24) is 0 Å². The minimum atomic E-state index is -0.396. The van der Waals surface area contributed by atoms with Crippen LogP contribution in [0.25, 0.3) is 0 Å². The van der Waals surface area contributed by atoms with Gasteiger partial charge < -0.3 is 16.0 Å². The average Bonchev–Trinajstić information content (AvgIpc) is 2.36. The van der Waals surface area contributed by atoms with E-state index in [4.69, 9.17) is 5.73 Å². The Hall–Kier alpha value is -2.23. The van der Waals surface area contributed by atoms with Gasteiger partial charge in [-0.15, -0.1) is 0 Å². The maximum Gasteiger partial charge on any atom is 0.148 e. The van der Waals surface area contributed by atoms with E-state index in [9.17, 15) is 4.39 Å². The van der Waals surface area contributed by atoms with E-state index < -0.39 is 5.82 Å². The highest BCUT2D eigenvalue weighted by molar-refractivity contribution is 5.66. The van der Waals surface area contributed by atoms with Crippen molar-refractivity contribution in [3.8, 4) is 0 Å². The highest BCUT2D eigenvalue weighted by Gasteiger charge is 2.05. The van der Waals surface area contributed by atoms with Gasteiger partial charge in [-0.2, -0.15) is 0 Å². The SMILES string of the molecule is Cc1cc(Nc2ccc(N(C)C)cc2)cc(F)c1N. The molecular formula is C15H18FN3. The molecule has 0 aliphatic heterocycles. The molecule has 2 aromatic carbocycles. The van der Waals surface area contributed by atoms with Gasteiger partial charge in [0.2, 0.25) is 0 Å².